The fraction of sp³-hybridized carbons (Fsp3) is 0.680. The highest BCUT2D eigenvalue weighted by Gasteiger charge is 2.50. The van der Waals surface area contributed by atoms with E-state index in [9.17, 15) is 36.3 Å². The number of hydrogen-bond acceptors (Lipinski definition) is 5. The average Bonchev–Trinajstić information content (AvgIpc) is 3.20. The maximum atomic E-state index is 13.8. The van der Waals surface area contributed by atoms with Crippen LogP contribution in [0.3, 0.4) is 0 Å². The van der Waals surface area contributed by atoms with Gasteiger partial charge in [-0.15, -0.1) is 0 Å². The molecule has 2 aliphatic rings. The Morgan fingerprint density at radius 3 is 2.31 bits per heavy atom. The predicted molar refractivity (Wildman–Crippen MR) is 131 cm³/mol. The molecule has 0 unspecified atom stereocenters. The Kier molecular flexibility index (Phi) is 8.37. The summed E-state index contributed by atoms with van der Waals surface area (Å²) >= 11 is 0. The third kappa shape index (κ3) is 7.69. The van der Waals surface area contributed by atoms with Gasteiger partial charge in [-0.3, -0.25) is 4.79 Å². The molecule has 2 atom stereocenters. The summed E-state index contributed by atoms with van der Waals surface area (Å²) in [5.74, 6) is -4.15. The number of alkyl carbamates (subject to hydrolysis) is 1. The number of aromatic nitrogens is 1. The van der Waals surface area contributed by atoms with Gasteiger partial charge in [-0.2, -0.15) is 13.2 Å². The maximum Gasteiger partial charge on any atom is 0.410 e. The normalized spacial score (nSPS) is 21.2. The number of urea groups is 1. The minimum Gasteiger partial charge on any atom is -0.444 e. The van der Waals surface area contributed by atoms with Crippen molar-refractivity contribution >= 4 is 23.8 Å². The standard InChI is InChI=1S/C25H34F5N5O4/c1-22(2,3)39-21(38)34-18(14-6-9-24(26,27)10-7-14)19(36)33-17-12-15(8-11-31-17)23(4,5)35-13-16(25(28,29)30)32-20(35)37/h8,11-12,14,16,18H,6-7,9-10,13H2,1-5H3,(H,32,37)(H,34,38)(H,31,33,36)/t16-,18-/m0/s1. The van der Waals surface area contributed by atoms with Crippen molar-refractivity contribution < 1.29 is 41.1 Å². The van der Waals surface area contributed by atoms with Gasteiger partial charge >= 0.3 is 18.3 Å². The lowest BCUT2D eigenvalue weighted by Gasteiger charge is -2.35. The van der Waals surface area contributed by atoms with Crippen LogP contribution < -0.4 is 16.0 Å². The summed E-state index contributed by atoms with van der Waals surface area (Å²) in [7, 11) is 0. The van der Waals surface area contributed by atoms with Gasteiger partial charge in [0, 0.05) is 19.0 Å². The van der Waals surface area contributed by atoms with E-state index in [1.54, 1.807) is 34.6 Å². The van der Waals surface area contributed by atoms with Crippen LogP contribution in [0.1, 0.15) is 65.9 Å². The first-order chi connectivity index (χ1) is 17.8. The van der Waals surface area contributed by atoms with Gasteiger partial charge < -0.3 is 25.6 Å². The van der Waals surface area contributed by atoms with Gasteiger partial charge in [0.15, 0.2) is 0 Å². The van der Waals surface area contributed by atoms with E-state index in [0.29, 0.717) is 5.56 Å². The molecule has 3 rings (SSSR count). The second-order valence-electron chi connectivity index (χ2n) is 11.4. The van der Waals surface area contributed by atoms with E-state index >= 15 is 0 Å². The van der Waals surface area contributed by atoms with E-state index in [1.807, 2.05) is 5.32 Å². The number of carbonyl (C=O) groups excluding carboxylic acids is 3. The van der Waals surface area contributed by atoms with Crippen LogP contribution in [0.4, 0.5) is 37.4 Å². The van der Waals surface area contributed by atoms with Crippen LogP contribution in [0.5, 0.6) is 0 Å². The molecular formula is C25H34F5N5O4. The average molecular weight is 564 g/mol. The van der Waals surface area contributed by atoms with E-state index in [2.05, 4.69) is 15.6 Å². The van der Waals surface area contributed by atoms with Gasteiger partial charge in [0.05, 0.1) is 12.1 Å². The topological polar surface area (TPSA) is 113 Å². The van der Waals surface area contributed by atoms with Crippen molar-refractivity contribution in [2.75, 3.05) is 11.9 Å². The predicted octanol–water partition coefficient (Wildman–Crippen LogP) is 4.93. The molecule has 1 aromatic rings. The lowest BCUT2D eigenvalue weighted by Crippen LogP contribution is -2.51. The Bertz CT molecular complexity index is 1080. The highest BCUT2D eigenvalue weighted by Crippen LogP contribution is 2.38. The molecule has 0 aromatic carbocycles. The lowest BCUT2D eigenvalue weighted by atomic mass is 9.81. The Morgan fingerprint density at radius 1 is 1.15 bits per heavy atom. The number of carbonyl (C=O) groups is 3. The van der Waals surface area contributed by atoms with Crippen LogP contribution in [0.15, 0.2) is 18.3 Å². The molecular weight excluding hydrogens is 529 g/mol. The van der Waals surface area contributed by atoms with E-state index in [0.717, 1.165) is 4.90 Å². The maximum absolute atomic E-state index is 13.8. The van der Waals surface area contributed by atoms with Crippen LogP contribution in [0.25, 0.3) is 0 Å². The molecule has 4 amide bonds. The number of amides is 4. The first-order valence-electron chi connectivity index (χ1n) is 12.6. The van der Waals surface area contributed by atoms with E-state index in [4.69, 9.17) is 4.74 Å². The van der Waals surface area contributed by atoms with Crippen LogP contribution in [-0.2, 0) is 15.1 Å². The van der Waals surface area contributed by atoms with Crippen LogP contribution in [0, 0.1) is 5.92 Å². The van der Waals surface area contributed by atoms with Crippen molar-refractivity contribution in [2.24, 2.45) is 5.92 Å². The van der Waals surface area contributed by atoms with E-state index in [1.165, 1.54) is 18.3 Å². The number of halogens is 5. The highest BCUT2D eigenvalue weighted by molar-refractivity contribution is 5.96. The minimum absolute atomic E-state index is 0.00811. The first kappa shape index (κ1) is 30.4. The number of anilines is 1. The number of pyridine rings is 1. The molecule has 1 aliphatic carbocycles. The number of ether oxygens (including phenoxy) is 1. The first-order valence-corrected chi connectivity index (χ1v) is 12.6. The molecule has 9 nitrogen and oxygen atoms in total. The molecule has 218 valence electrons. The van der Waals surface area contributed by atoms with Gasteiger partial charge in [0.25, 0.3) is 0 Å². The van der Waals surface area contributed by atoms with E-state index < -0.39 is 78.7 Å². The van der Waals surface area contributed by atoms with Crippen LogP contribution in [0.2, 0.25) is 0 Å². The molecule has 1 aliphatic heterocycles. The van der Waals surface area contributed by atoms with Crippen LogP contribution >= 0.6 is 0 Å². The van der Waals surface area contributed by atoms with Crippen molar-refractivity contribution in [1.82, 2.24) is 20.5 Å². The monoisotopic (exact) mass is 563 g/mol. The fourth-order valence-electron chi connectivity index (χ4n) is 4.67. The van der Waals surface area contributed by atoms with Crippen molar-refractivity contribution in [3.8, 4) is 0 Å². The van der Waals surface area contributed by atoms with Gasteiger partial charge in [0.2, 0.25) is 11.8 Å². The summed E-state index contributed by atoms with van der Waals surface area (Å²) in [5, 5.41) is 6.99. The Hall–Kier alpha value is -3.19. The molecule has 39 heavy (non-hydrogen) atoms. The summed E-state index contributed by atoms with van der Waals surface area (Å²) in [4.78, 5) is 43.2. The number of alkyl halides is 5. The van der Waals surface area contributed by atoms with Gasteiger partial charge in [0.1, 0.15) is 23.5 Å². The number of nitrogens with zero attached hydrogens (tertiary/aromatic N) is 2. The molecule has 2 heterocycles. The molecule has 1 aromatic heterocycles. The summed E-state index contributed by atoms with van der Waals surface area (Å²) in [6.07, 6.45) is -5.07. The molecule has 1 saturated carbocycles. The summed E-state index contributed by atoms with van der Waals surface area (Å²) in [6.45, 7) is 7.42. The second-order valence-corrected chi connectivity index (χ2v) is 11.4. The van der Waals surface area contributed by atoms with Gasteiger partial charge in [-0.1, -0.05) is 0 Å². The third-order valence-electron chi connectivity index (χ3n) is 6.88. The molecule has 14 heteroatoms. The van der Waals surface area contributed by atoms with Gasteiger partial charge in [-0.25, -0.2) is 23.4 Å². The lowest BCUT2D eigenvalue weighted by molar-refractivity contribution is -0.150. The van der Waals surface area contributed by atoms with Gasteiger partial charge in [-0.05, 0) is 71.1 Å². The molecule has 3 N–H and O–H groups in total. The molecule has 0 bridgehead atoms. The molecule has 0 spiro atoms. The van der Waals surface area contributed by atoms with Crippen molar-refractivity contribution in [3.63, 3.8) is 0 Å². The summed E-state index contributed by atoms with van der Waals surface area (Å²) in [6, 6.07) is -1.20. The van der Waals surface area contributed by atoms with Crippen LogP contribution in [-0.4, -0.2) is 64.2 Å². The van der Waals surface area contributed by atoms with Crippen molar-refractivity contribution in [2.45, 2.75) is 95.6 Å². The second kappa shape index (κ2) is 10.8. The zero-order valence-electron chi connectivity index (χ0n) is 22.4. The number of nitrogens with one attached hydrogen (secondary N) is 3. The number of rotatable bonds is 6. The molecule has 1 saturated heterocycles. The third-order valence-corrected chi connectivity index (χ3v) is 6.88. The van der Waals surface area contributed by atoms with Crippen molar-refractivity contribution in [3.05, 3.63) is 23.9 Å². The quantitative estimate of drug-likeness (QED) is 0.425. The number of hydrogen-bond donors (Lipinski definition) is 3. The summed E-state index contributed by atoms with van der Waals surface area (Å²) in [5.41, 5.74) is -1.69. The highest BCUT2D eigenvalue weighted by atomic mass is 19.4. The van der Waals surface area contributed by atoms with E-state index in [-0.39, 0.29) is 18.7 Å². The Labute approximate surface area is 223 Å². The molecule has 2 fully saturated rings. The SMILES string of the molecule is CC(C)(C)OC(=O)N[C@H](C(=O)Nc1cc(C(C)(C)N2C[C@@H](C(F)(F)F)NC2=O)ccn1)C1CCC(F)(F)CC1. The zero-order chi connectivity index (χ0) is 29.4. The fourth-order valence-corrected chi connectivity index (χ4v) is 4.67. The smallest absolute Gasteiger partial charge is 0.410 e. The van der Waals surface area contributed by atoms with Crippen molar-refractivity contribution in [1.29, 1.82) is 0 Å². The Morgan fingerprint density at radius 2 is 1.77 bits per heavy atom. The minimum atomic E-state index is -4.61. The summed E-state index contributed by atoms with van der Waals surface area (Å²) < 4.78 is 72.3. The molecule has 0 radical (unpaired) electrons. The Balaban J connectivity index is 1.79. The zero-order valence-corrected chi connectivity index (χ0v) is 22.4. The largest absolute Gasteiger partial charge is 0.444 e.